The van der Waals surface area contributed by atoms with Gasteiger partial charge in [0, 0.05) is 23.6 Å². The Bertz CT molecular complexity index is 1090. The van der Waals surface area contributed by atoms with Crippen molar-refractivity contribution in [3.05, 3.63) is 77.6 Å². The highest BCUT2D eigenvalue weighted by Crippen LogP contribution is 2.78. The zero-order valence-corrected chi connectivity index (χ0v) is 16.3. The van der Waals surface area contributed by atoms with E-state index in [9.17, 15) is 14.9 Å². The summed E-state index contributed by atoms with van der Waals surface area (Å²) < 4.78 is 0. The number of allylic oxidation sites excluding steroid dienone is 1. The molecular formula is C24H21N3O2. The maximum Gasteiger partial charge on any atom is 0.238 e. The summed E-state index contributed by atoms with van der Waals surface area (Å²) >= 11 is 0. The van der Waals surface area contributed by atoms with E-state index >= 15 is 0 Å². The molecule has 5 heteroatoms. The number of piperidine rings is 1. The molecule has 0 N–H and O–H groups in total. The van der Waals surface area contributed by atoms with Gasteiger partial charge in [-0.3, -0.25) is 14.6 Å². The highest BCUT2D eigenvalue weighted by atomic mass is 16.2. The quantitative estimate of drug-likeness (QED) is 0.816. The first-order valence-electron chi connectivity index (χ1n) is 9.91. The summed E-state index contributed by atoms with van der Waals surface area (Å²) in [6.07, 6.45) is 4.77. The van der Waals surface area contributed by atoms with Crippen molar-refractivity contribution in [2.75, 3.05) is 6.54 Å². The van der Waals surface area contributed by atoms with Crippen molar-refractivity contribution in [1.82, 2.24) is 9.88 Å². The molecule has 1 amide bonds. The Labute approximate surface area is 169 Å². The number of aromatic nitrogens is 1. The van der Waals surface area contributed by atoms with E-state index < -0.39 is 16.2 Å². The Morgan fingerprint density at radius 1 is 1.14 bits per heavy atom. The molecule has 1 saturated heterocycles. The Morgan fingerprint density at radius 3 is 2.59 bits per heavy atom. The molecule has 1 aliphatic heterocycles. The third-order valence-corrected chi connectivity index (χ3v) is 7.31. The Morgan fingerprint density at radius 2 is 1.90 bits per heavy atom. The van der Waals surface area contributed by atoms with E-state index in [0.717, 1.165) is 17.7 Å². The molecule has 29 heavy (non-hydrogen) atoms. The van der Waals surface area contributed by atoms with E-state index in [2.05, 4.69) is 11.1 Å². The fourth-order valence-electron chi connectivity index (χ4n) is 5.76. The van der Waals surface area contributed by atoms with Gasteiger partial charge in [0.1, 0.15) is 11.5 Å². The number of hydrogen-bond donors (Lipinski definition) is 0. The van der Waals surface area contributed by atoms with E-state index in [0.29, 0.717) is 19.5 Å². The molecule has 0 bridgehead atoms. The first kappa shape index (κ1) is 17.8. The van der Waals surface area contributed by atoms with Gasteiger partial charge in [-0.2, -0.15) is 5.26 Å². The van der Waals surface area contributed by atoms with Gasteiger partial charge in [-0.1, -0.05) is 43.3 Å². The maximum absolute atomic E-state index is 14.1. The van der Waals surface area contributed by atoms with E-state index in [4.69, 9.17) is 0 Å². The molecule has 2 heterocycles. The van der Waals surface area contributed by atoms with Gasteiger partial charge in [0.2, 0.25) is 5.91 Å². The van der Waals surface area contributed by atoms with Crippen molar-refractivity contribution in [3.8, 4) is 6.07 Å². The Hall–Kier alpha value is -3.26. The molecule has 2 aromatic rings. The minimum absolute atomic E-state index is 0.0374. The zero-order chi connectivity index (χ0) is 20.3. The molecule has 3 aliphatic rings. The molecule has 5 nitrogen and oxygen atoms in total. The number of carbonyl (C=O) groups is 2. The zero-order valence-electron chi connectivity index (χ0n) is 16.3. The lowest BCUT2D eigenvalue weighted by molar-refractivity contribution is -0.146. The van der Waals surface area contributed by atoms with Gasteiger partial charge in [0.05, 0.1) is 17.8 Å². The lowest BCUT2D eigenvalue weighted by Gasteiger charge is -2.50. The average molecular weight is 383 g/mol. The molecule has 1 saturated carbocycles. The van der Waals surface area contributed by atoms with Crippen LogP contribution in [-0.4, -0.2) is 28.1 Å². The number of carbonyl (C=O) groups excluding carboxylic acids is 2. The van der Waals surface area contributed by atoms with Crippen molar-refractivity contribution in [3.63, 3.8) is 0 Å². The largest absolute Gasteiger partial charge is 0.336 e. The monoisotopic (exact) mass is 383 g/mol. The van der Waals surface area contributed by atoms with Crippen molar-refractivity contribution < 1.29 is 9.59 Å². The number of amides is 1. The van der Waals surface area contributed by atoms with E-state index in [1.165, 1.54) is 0 Å². The molecule has 0 radical (unpaired) electrons. The van der Waals surface area contributed by atoms with Gasteiger partial charge in [0.15, 0.2) is 5.78 Å². The molecule has 2 fully saturated rings. The molecular weight excluding hydrogens is 362 g/mol. The summed E-state index contributed by atoms with van der Waals surface area (Å²) in [5.74, 6) is -0.151. The van der Waals surface area contributed by atoms with Crippen molar-refractivity contribution in [1.29, 1.82) is 5.26 Å². The van der Waals surface area contributed by atoms with Gasteiger partial charge in [-0.25, -0.2) is 0 Å². The van der Waals surface area contributed by atoms with Crippen LogP contribution < -0.4 is 0 Å². The van der Waals surface area contributed by atoms with Gasteiger partial charge in [-0.15, -0.1) is 0 Å². The number of Topliss-reactive ketones (excluding diaryl/α,β-unsaturated/α-hetero) is 1. The SMILES string of the molecule is CC12C[C@]13CCN(Cc1ccccn1)C(=O)[C@@]3(c1ccccc1)C=C(C#N)C2=O. The predicted molar refractivity (Wildman–Crippen MR) is 106 cm³/mol. The van der Waals surface area contributed by atoms with E-state index in [1.807, 2.05) is 60.4 Å². The van der Waals surface area contributed by atoms with Crippen LogP contribution in [0.1, 0.15) is 31.0 Å². The Kier molecular flexibility index (Phi) is 3.61. The number of pyridine rings is 1. The molecule has 5 rings (SSSR count). The third-order valence-electron chi connectivity index (χ3n) is 7.31. The number of benzene rings is 1. The summed E-state index contributed by atoms with van der Waals surface area (Å²) in [6.45, 7) is 2.94. The number of rotatable bonds is 3. The molecule has 1 aromatic heterocycles. The Balaban J connectivity index is 1.69. The van der Waals surface area contributed by atoms with Gasteiger partial charge >= 0.3 is 0 Å². The number of nitriles is 1. The minimum atomic E-state index is -0.991. The normalized spacial score (nSPS) is 32.7. The second kappa shape index (κ2) is 5.87. The number of likely N-dealkylation sites (tertiary alicyclic amines) is 1. The van der Waals surface area contributed by atoms with Crippen LogP contribution in [0.15, 0.2) is 66.4 Å². The molecule has 1 spiro atoms. The van der Waals surface area contributed by atoms with Gasteiger partial charge in [-0.05, 0) is 36.6 Å². The molecule has 1 unspecified atom stereocenters. The number of hydrogen-bond acceptors (Lipinski definition) is 4. The maximum atomic E-state index is 14.1. The number of ketones is 1. The van der Waals surface area contributed by atoms with Gasteiger partial charge < -0.3 is 4.90 Å². The summed E-state index contributed by atoms with van der Waals surface area (Å²) in [6, 6.07) is 17.4. The van der Waals surface area contributed by atoms with E-state index in [-0.39, 0.29) is 17.3 Å². The van der Waals surface area contributed by atoms with Crippen LogP contribution in [0.5, 0.6) is 0 Å². The average Bonchev–Trinajstić information content (AvgIpc) is 3.39. The summed E-state index contributed by atoms with van der Waals surface area (Å²) in [5, 5.41) is 9.67. The predicted octanol–water partition coefficient (Wildman–Crippen LogP) is 3.18. The lowest BCUT2D eigenvalue weighted by atomic mass is 9.56. The lowest BCUT2D eigenvalue weighted by Crippen LogP contribution is -2.60. The van der Waals surface area contributed by atoms with Crippen molar-refractivity contribution >= 4 is 11.7 Å². The van der Waals surface area contributed by atoms with Crippen LogP contribution in [0, 0.1) is 22.2 Å². The highest BCUT2D eigenvalue weighted by molar-refractivity contribution is 6.11. The first-order chi connectivity index (χ1) is 14.0. The van der Waals surface area contributed by atoms with Crippen LogP contribution in [-0.2, 0) is 21.5 Å². The first-order valence-corrected chi connectivity index (χ1v) is 9.91. The van der Waals surface area contributed by atoms with Crippen LogP contribution in [0.2, 0.25) is 0 Å². The smallest absolute Gasteiger partial charge is 0.238 e. The molecule has 144 valence electrons. The van der Waals surface area contributed by atoms with Gasteiger partial charge in [0.25, 0.3) is 0 Å². The molecule has 2 aliphatic carbocycles. The summed E-state index contributed by atoms with van der Waals surface area (Å²) in [7, 11) is 0. The molecule has 1 aromatic carbocycles. The van der Waals surface area contributed by atoms with E-state index in [1.54, 1.807) is 12.3 Å². The standard InChI is InChI=1S/C24H21N3O2/c1-22-16-23(22)10-12-27(15-19-9-5-6-11-26-19)21(29)24(23,13-17(14-25)20(22)28)18-7-3-2-4-8-18/h2-9,11,13H,10,12,15-16H2,1H3/t22?,23-,24+/m1/s1. The van der Waals surface area contributed by atoms with Crippen LogP contribution in [0.3, 0.4) is 0 Å². The minimum Gasteiger partial charge on any atom is -0.336 e. The molecule has 3 atom stereocenters. The number of nitrogens with zero attached hydrogens (tertiary/aromatic N) is 3. The second-order valence-corrected chi connectivity index (χ2v) is 8.56. The van der Waals surface area contributed by atoms with Crippen LogP contribution in [0.4, 0.5) is 0 Å². The second-order valence-electron chi connectivity index (χ2n) is 8.56. The fourth-order valence-corrected chi connectivity index (χ4v) is 5.76. The summed E-state index contributed by atoms with van der Waals surface area (Å²) in [5.41, 5.74) is -0.312. The summed E-state index contributed by atoms with van der Waals surface area (Å²) in [4.78, 5) is 33.3. The van der Waals surface area contributed by atoms with Crippen molar-refractivity contribution in [2.24, 2.45) is 10.8 Å². The highest BCUT2D eigenvalue weighted by Gasteiger charge is 2.81. The van der Waals surface area contributed by atoms with Crippen molar-refractivity contribution in [2.45, 2.75) is 31.7 Å². The van der Waals surface area contributed by atoms with Crippen LogP contribution in [0.25, 0.3) is 0 Å². The fraction of sp³-hybridized carbons (Fsp3) is 0.333. The van der Waals surface area contributed by atoms with Crippen LogP contribution >= 0.6 is 0 Å². The third kappa shape index (κ3) is 2.12. The topological polar surface area (TPSA) is 74.1 Å².